The van der Waals surface area contributed by atoms with Gasteiger partial charge in [-0.25, -0.2) is 4.98 Å². The number of rotatable bonds is 3. The van der Waals surface area contributed by atoms with Gasteiger partial charge in [-0.1, -0.05) is 103 Å². The number of para-hydroxylation sites is 2. The van der Waals surface area contributed by atoms with Gasteiger partial charge in [0.2, 0.25) is 0 Å². The molecule has 0 atom stereocenters. The molecule has 0 amide bonds. The fourth-order valence-corrected chi connectivity index (χ4v) is 5.90. The number of nitrogens with zero attached hydrogens (tertiary/aromatic N) is 2. The molecule has 39 heavy (non-hydrogen) atoms. The summed E-state index contributed by atoms with van der Waals surface area (Å²) < 4.78 is 2.35. The number of fused-ring (bicyclic) bond motifs is 5. The zero-order valence-corrected chi connectivity index (χ0v) is 21.3. The first-order valence-corrected chi connectivity index (χ1v) is 13.3. The van der Waals surface area contributed by atoms with Crippen molar-refractivity contribution in [3.8, 4) is 28.1 Å². The maximum atomic E-state index is 5.17. The summed E-state index contributed by atoms with van der Waals surface area (Å²) in [6.07, 6.45) is 0. The first kappa shape index (κ1) is 21.8. The molecule has 0 bridgehead atoms. The van der Waals surface area contributed by atoms with E-state index in [4.69, 9.17) is 4.98 Å². The lowest BCUT2D eigenvalue weighted by Crippen LogP contribution is -1.94. The summed E-state index contributed by atoms with van der Waals surface area (Å²) in [5.74, 6) is 0. The standard InChI is InChI=1S/C37H24N2/c1-2-10-25(11-3-1)32-24-34(38-35-23-28-13-5-4-12-27(28)22-33(32)35)26-18-20-29(21-19-26)39-36-16-8-6-14-30(36)31-15-7-9-17-37(31)39/h1-24H. The van der Waals surface area contributed by atoms with Gasteiger partial charge in [-0.3, -0.25) is 0 Å². The zero-order valence-electron chi connectivity index (χ0n) is 21.3. The van der Waals surface area contributed by atoms with Gasteiger partial charge in [-0.15, -0.1) is 0 Å². The molecular weight excluding hydrogens is 472 g/mol. The van der Waals surface area contributed by atoms with Crippen molar-refractivity contribution in [1.82, 2.24) is 9.55 Å². The largest absolute Gasteiger partial charge is 0.309 e. The molecule has 0 unspecified atom stereocenters. The summed E-state index contributed by atoms with van der Waals surface area (Å²) in [7, 11) is 0. The number of aromatic nitrogens is 2. The summed E-state index contributed by atoms with van der Waals surface area (Å²) in [6.45, 7) is 0. The quantitative estimate of drug-likeness (QED) is 0.223. The van der Waals surface area contributed by atoms with Gasteiger partial charge in [-0.2, -0.15) is 0 Å². The second kappa shape index (κ2) is 8.68. The van der Waals surface area contributed by atoms with E-state index in [9.17, 15) is 0 Å². The van der Waals surface area contributed by atoms with Crippen LogP contribution in [-0.4, -0.2) is 9.55 Å². The molecule has 0 radical (unpaired) electrons. The highest BCUT2D eigenvalue weighted by atomic mass is 15.0. The van der Waals surface area contributed by atoms with E-state index < -0.39 is 0 Å². The van der Waals surface area contributed by atoms with Crippen molar-refractivity contribution in [1.29, 1.82) is 0 Å². The van der Waals surface area contributed by atoms with Gasteiger partial charge < -0.3 is 4.57 Å². The molecule has 6 aromatic carbocycles. The molecule has 182 valence electrons. The van der Waals surface area contributed by atoms with E-state index in [1.165, 1.54) is 49.1 Å². The maximum Gasteiger partial charge on any atom is 0.0722 e. The predicted octanol–water partition coefficient (Wildman–Crippen LogP) is 9.82. The van der Waals surface area contributed by atoms with Crippen molar-refractivity contribution in [2.45, 2.75) is 0 Å². The summed E-state index contributed by atoms with van der Waals surface area (Å²) in [6, 6.07) is 51.9. The molecule has 0 spiro atoms. The Labute approximate surface area is 226 Å². The van der Waals surface area contributed by atoms with Gasteiger partial charge in [0.15, 0.2) is 0 Å². The second-order valence-corrected chi connectivity index (χ2v) is 10.1. The first-order chi connectivity index (χ1) is 19.3. The number of hydrogen-bond acceptors (Lipinski definition) is 1. The van der Waals surface area contributed by atoms with Gasteiger partial charge in [-0.05, 0) is 64.4 Å². The summed E-state index contributed by atoms with van der Waals surface area (Å²) in [4.78, 5) is 5.17. The van der Waals surface area contributed by atoms with Crippen LogP contribution in [-0.2, 0) is 0 Å². The van der Waals surface area contributed by atoms with E-state index in [2.05, 4.69) is 150 Å². The van der Waals surface area contributed by atoms with Gasteiger partial charge in [0.25, 0.3) is 0 Å². The molecule has 0 aliphatic carbocycles. The van der Waals surface area contributed by atoms with Crippen LogP contribution >= 0.6 is 0 Å². The molecule has 2 heterocycles. The highest BCUT2D eigenvalue weighted by molar-refractivity contribution is 6.09. The third kappa shape index (κ3) is 3.53. The Bertz CT molecular complexity index is 2100. The average Bonchev–Trinajstić information content (AvgIpc) is 3.34. The molecule has 8 rings (SSSR count). The molecule has 0 saturated carbocycles. The lowest BCUT2D eigenvalue weighted by molar-refractivity contribution is 1.18. The second-order valence-electron chi connectivity index (χ2n) is 10.1. The van der Waals surface area contributed by atoms with E-state index in [0.29, 0.717) is 0 Å². The molecule has 0 aliphatic rings. The highest BCUT2D eigenvalue weighted by Gasteiger charge is 2.13. The van der Waals surface area contributed by atoms with Crippen molar-refractivity contribution in [3.05, 3.63) is 146 Å². The minimum Gasteiger partial charge on any atom is -0.309 e. The molecule has 8 aromatic rings. The minimum atomic E-state index is 0.977. The van der Waals surface area contributed by atoms with E-state index in [0.717, 1.165) is 22.5 Å². The van der Waals surface area contributed by atoms with E-state index in [1.54, 1.807) is 0 Å². The Balaban J connectivity index is 1.31. The van der Waals surface area contributed by atoms with Crippen molar-refractivity contribution in [2.24, 2.45) is 0 Å². The van der Waals surface area contributed by atoms with Crippen molar-refractivity contribution < 1.29 is 0 Å². The first-order valence-electron chi connectivity index (χ1n) is 13.3. The molecule has 2 nitrogen and oxygen atoms in total. The number of pyridine rings is 1. The summed E-state index contributed by atoms with van der Waals surface area (Å²) in [5.41, 5.74) is 9.07. The fraction of sp³-hybridized carbons (Fsp3) is 0. The lowest BCUT2D eigenvalue weighted by atomic mass is 9.96. The van der Waals surface area contributed by atoms with Gasteiger partial charge in [0.1, 0.15) is 0 Å². The normalized spacial score (nSPS) is 11.6. The summed E-state index contributed by atoms with van der Waals surface area (Å²) >= 11 is 0. The highest BCUT2D eigenvalue weighted by Crippen LogP contribution is 2.36. The molecule has 0 fully saturated rings. The van der Waals surface area contributed by atoms with Crippen molar-refractivity contribution in [3.63, 3.8) is 0 Å². The SMILES string of the molecule is c1ccc(-c2cc(-c3ccc(-n4c5ccccc5c5ccccc54)cc3)nc3cc4ccccc4cc23)cc1. The monoisotopic (exact) mass is 496 g/mol. The topological polar surface area (TPSA) is 17.8 Å². The van der Waals surface area contributed by atoms with Crippen LogP contribution in [0.15, 0.2) is 146 Å². The van der Waals surface area contributed by atoms with E-state index in [1.807, 2.05) is 0 Å². The van der Waals surface area contributed by atoms with Crippen molar-refractivity contribution in [2.75, 3.05) is 0 Å². The zero-order chi connectivity index (χ0) is 25.8. The molecular formula is C37H24N2. The molecule has 2 heteroatoms. The molecule has 0 N–H and O–H groups in total. The number of hydrogen-bond donors (Lipinski definition) is 0. The van der Waals surface area contributed by atoms with Gasteiger partial charge in [0, 0.05) is 27.4 Å². The molecule has 0 saturated heterocycles. The van der Waals surface area contributed by atoms with Crippen LogP contribution < -0.4 is 0 Å². The van der Waals surface area contributed by atoms with Crippen LogP contribution in [0.25, 0.3) is 71.6 Å². The smallest absolute Gasteiger partial charge is 0.0722 e. The Hall–Kier alpha value is -5.21. The number of benzene rings is 6. The fourth-order valence-electron chi connectivity index (χ4n) is 5.90. The van der Waals surface area contributed by atoms with Crippen LogP contribution in [0, 0.1) is 0 Å². The van der Waals surface area contributed by atoms with Crippen LogP contribution in [0.3, 0.4) is 0 Å². The third-order valence-corrected chi connectivity index (χ3v) is 7.76. The summed E-state index contributed by atoms with van der Waals surface area (Å²) in [5, 5.41) is 6.15. The Morgan fingerprint density at radius 2 is 1.03 bits per heavy atom. The van der Waals surface area contributed by atoms with Crippen LogP contribution in [0.2, 0.25) is 0 Å². The Morgan fingerprint density at radius 1 is 0.436 bits per heavy atom. The third-order valence-electron chi connectivity index (χ3n) is 7.76. The minimum absolute atomic E-state index is 0.977. The van der Waals surface area contributed by atoms with E-state index >= 15 is 0 Å². The Morgan fingerprint density at radius 3 is 1.72 bits per heavy atom. The van der Waals surface area contributed by atoms with Crippen molar-refractivity contribution >= 4 is 43.5 Å². The van der Waals surface area contributed by atoms with Crippen LogP contribution in [0.4, 0.5) is 0 Å². The van der Waals surface area contributed by atoms with Crippen LogP contribution in [0.5, 0.6) is 0 Å². The predicted molar refractivity (Wildman–Crippen MR) is 164 cm³/mol. The van der Waals surface area contributed by atoms with Crippen LogP contribution in [0.1, 0.15) is 0 Å². The molecule has 2 aromatic heterocycles. The lowest BCUT2D eigenvalue weighted by Gasteiger charge is -2.13. The van der Waals surface area contributed by atoms with E-state index in [-0.39, 0.29) is 0 Å². The van der Waals surface area contributed by atoms with Gasteiger partial charge >= 0.3 is 0 Å². The van der Waals surface area contributed by atoms with Gasteiger partial charge in [0.05, 0.1) is 22.2 Å². The maximum absolute atomic E-state index is 5.17. The molecule has 0 aliphatic heterocycles. The average molecular weight is 497 g/mol. The Kier molecular flexibility index (Phi) is 4.86.